The normalized spacial score (nSPS) is 25.1. The largest absolute Gasteiger partial charge is 0.336 e. The van der Waals surface area contributed by atoms with Crippen LogP contribution in [0.5, 0.6) is 0 Å². The van der Waals surface area contributed by atoms with Gasteiger partial charge in [-0.25, -0.2) is 0 Å². The highest BCUT2D eigenvalue weighted by molar-refractivity contribution is 5.87. The van der Waals surface area contributed by atoms with Gasteiger partial charge in [-0.1, -0.05) is 18.2 Å². The Balaban J connectivity index is 1.94. The predicted molar refractivity (Wildman–Crippen MR) is 66.4 cm³/mol. The van der Waals surface area contributed by atoms with E-state index in [2.05, 4.69) is 16.7 Å². The first-order chi connectivity index (χ1) is 8.74. The van der Waals surface area contributed by atoms with Crippen LogP contribution in [0.25, 0.3) is 0 Å². The maximum atomic E-state index is 12.1. The molecule has 1 aliphatic carbocycles. The number of rotatable bonds is 1. The van der Waals surface area contributed by atoms with Crippen LogP contribution in [0.2, 0.25) is 0 Å². The van der Waals surface area contributed by atoms with Gasteiger partial charge in [0.1, 0.15) is 6.04 Å². The Morgan fingerprint density at radius 1 is 1.28 bits per heavy atom. The summed E-state index contributed by atoms with van der Waals surface area (Å²) in [6.45, 7) is 0. The van der Waals surface area contributed by atoms with Crippen LogP contribution in [0.4, 0.5) is 0 Å². The van der Waals surface area contributed by atoms with Crippen LogP contribution >= 0.6 is 0 Å². The van der Waals surface area contributed by atoms with Crippen LogP contribution < -0.4 is 10.6 Å². The highest BCUT2D eigenvalue weighted by Crippen LogP contribution is 2.35. The monoisotopic (exact) mass is 241 g/mol. The molecule has 2 N–H and O–H groups in total. The number of nitrogens with zero attached hydrogens (tertiary/aromatic N) is 1. The molecule has 1 heterocycles. The van der Waals surface area contributed by atoms with Crippen molar-refractivity contribution in [3.8, 4) is 6.07 Å². The van der Waals surface area contributed by atoms with Gasteiger partial charge in [0.25, 0.3) is 0 Å². The summed E-state index contributed by atoms with van der Waals surface area (Å²) in [6.07, 6.45) is 4.23. The van der Waals surface area contributed by atoms with E-state index in [0.717, 1.165) is 31.2 Å². The number of hydrogen-bond donors (Lipinski definition) is 2. The van der Waals surface area contributed by atoms with Crippen LogP contribution in [-0.2, 0) is 4.79 Å². The maximum Gasteiger partial charge on any atom is 0.243 e. The summed E-state index contributed by atoms with van der Waals surface area (Å²) in [7, 11) is 0. The van der Waals surface area contributed by atoms with Crippen molar-refractivity contribution in [2.75, 3.05) is 0 Å². The molecule has 1 amide bonds. The van der Waals surface area contributed by atoms with Crippen LogP contribution in [0.1, 0.15) is 42.9 Å². The molecule has 1 saturated heterocycles. The predicted octanol–water partition coefficient (Wildman–Crippen LogP) is 1.59. The molecule has 1 spiro atoms. The van der Waals surface area contributed by atoms with Crippen molar-refractivity contribution in [2.45, 2.75) is 37.4 Å². The van der Waals surface area contributed by atoms with Crippen LogP contribution in [0, 0.1) is 11.3 Å². The summed E-state index contributed by atoms with van der Waals surface area (Å²) in [5, 5.41) is 15.6. The Morgan fingerprint density at radius 2 is 2.00 bits per heavy atom. The van der Waals surface area contributed by atoms with E-state index in [1.54, 1.807) is 6.07 Å². The second kappa shape index (κ2) is 4.11. The van der Waals surface area contributed by atoms with Gasteiger partial charge in [0.2, 0.25) is 5.91 Å². The van der Waals surface area contributed by atoms with Crippen molar-refractivity contribution in [2.24, 2.45) is 0 Å². The summed E-state index contributed by atoms with van der Waals surface area (Å²) in [4.78, 5) is 12.1. The Kier molecular flexibility index (Phi) is 2.57. The van der Waals surface area contributed by atoms with Crippen molar-refractivity contribution in [3.05, 3.63) is 35.4 Å². The Hall–Kier alpha value is -1.86. The highest BCUT2D eigenvalue weighted by atomic mass is 16.2. The minimum atomic E-state index is -0.390. The molecular weight excluding hydrogens is 226 g/mol. The number of benzene rings is 1. The fraction of sp³-hybridized carbons (Fsp3) is 0.429. The molecule has 0 aromatic heterocycles. The van der Waals surface area contributed by atoms with Gasteiger partial charge in [-0.15, -0.1) is 0 Å². The molecule has 18 heavy (non-hydrogen) atoms. The smallest absolute Gasteiger partial charge is 0.243 e. The maximum absolute atomic E-state index is 12.1. The fourth-order valence-electron chi connectivity index (χ4n) is 3.00. The second-order valence-corrected chi connectivity index (χ2v) is 5.05. The molecule has 2 aliphatic rings. The van der Waals surface area contributed by atoms with Crippen LogP contribution in [0.3, 0.4) is 0 Å². The number of hydrogen-bond acceptors (Lipinski definition) is 3. The fourth-order valence-corrected chi connectivity index (χ4v) is 3.00. The Bertz CT molecular complexity index is 526. The quantitative estimate of drug-likeness (QED) is 0.784. The molecule has 4 nitrogen and oxygen atoms in total. The number of amides is 1. The molecule has 0 unspecified atom stereocenters. The lowest BCUT2D eigenvalue weighted by atomic mass is 10.0. The van der Waals surface area contributed by atoms with E-state index >= 15 is 0 Å². The van der Waals surface area contributed by atoms with Gasteiger partial charge in [0.15, 0.2) is 0 Å². The van der Waals surface area contributed by atoms with Gasteiger partial charge in [0.05, 0.1) is 17.3 Å². The average Bonchev–Trinajstić information content (AvgIpc) is 2.97. The Morgan fingerprint density at radius 3 is 2.72 bits per heavy atom. The van der Waals surface area contributed by atoms with Gasteiger partial charge in [-0.2, -0.15) is 5.26 Å². The van der Waals surface area contributed by atoms with E-state index in [-0.39, 0.29) is 17.6 Å². The zero-order valence-corrected chi connectivity index (χ0v) is 10.1. The van der Waals surface area contributed by atoms with Gasteiger partial charge in [-0.05, 0) is 37.3 Å². The van der Waals surface area contributed by atoms with Gasteiger partial charge in [0, 0.05) is 0 Å². The standard InChI is InChI=1S/C14H15N3O/c15-9-10-5-1-2-6-11(10)12-13(18)17-14(16-12)7-3-4-8-14/h1-2,5-6,12,16H,3-4,7-8H2,(H,17,18)/t12-/m1/s1. The molecular formula is C14H15N3O. The zero-order valence-electron chi connectivity index (χ0n) is 10.1. The lowest BCUT2D eigenvalue weighted by Crippen LogP contribution is -2.46. The molecule has 1 atom stereocenters. The molecule has 1 aromatic rings. The third kappa shape index (κ3) is 1.68. The zero-order chi connectivity index (χ0) is 12.6. The van der Waals surface area contributed by atoms with E-state index < -0.39 is 0 Å². The van der Waals surface area contributed by atoms with Crippen LogP contribution in [-0.4, -0.2) is 11.6 Å². The van der Waals surface area contributed by atoms with E-state index in [1.165, 1.54) is 0 Å². The van der Waals surface area contributed by atoms with Crippen molar-refractivity contribution < 1.29 is 4.79 Å². The summed E-state index contributed by atoms with van der Waals surface area (Å²) < 4.78 is 0. The van der Waals surface area contributed by atoms with Crippen LogP contribution in [0.15, 0.2) is 24.3 Å². The van der Waals surface area contributed by atoms with Crippen molar-refractivity contribution in [3.63, 3.8) is 0 Å². The molecule has 1 aliphatic heterocycles. The summed E-state index contributed by atoms with van der Waals surface area (Å²) >= 11 is 0. The topological polar surface area (TPSA) is 64.9 Å². The van der Waals surface area contributed by atoms with Crippen molar-refractivity contribution >= 4 is 5.91 Å². The van der Waals surface area contributed by atoms with Gasteiger partial charge >= 0.3 is 0 Å². The van der Waals surface area contributed by atoms with Gasteiger partial charge in [-0.3, -0.25) is 10.1 Å². The van der Waals surface area contributed by atoms with Gasteiger partial charge < -0.3 is 5.32 Å². The lowest BCUT2D eigenvalue weighted by molar-refractivity contribution is -0.121. The molecule has 1 aromatic carbocycles. The number of nitrogens with one attached hydrogen (secondary N) is 2. The minimum absolute atomic E-state index is 0.0143. The number of nitriles is 1. The van der Waals surface area contributed by atoms with E-state index in [0.29, 0.717) is 5.56 Å². The Labute approximate surface area is 106 Å². The first-order valence-corrected chi connectivity index (χ1v) is 6.33. The van der Waals surface area contributed by atoms with E-state index in [9.17, 15) is 4.79 Å². The molecule has 92 valence electrons. The number of carbonyl (C=O) groups is 1. The SMILES string of the molecule is N#Cc1ccccc1[C@H]1NC2(CCCC2)NC1=O. The number of carbonyl (C=O) groups excluding carboxylic acids is 1. The molecule has 1 saturated carbocycles. The molecule has 3 rings (SSSR count). The molecule has 0 bridgehead atoms. The first kappa shape index (κ1) is 11.2. The lowest BCUT2D eigenvalue weighted by Gasteiger charge is -2.23. The first-order valence-electron chi connectivity index (χ1n) is 6.33. The van der Waals surface area contributed by atoms with Crippen molar-refractivity contribution in [1.82, 2.24) is 10.6 Å². The minimum Gasteiger partial charge on any atom is -0.336 e. The summed E-state index contributed by atoms with van der Waals surface area (Å²) in [5.74, 6) is -0.0143. The third-order valence-corrected chi connectivity index (χ3v) is 3.89. The summed E-state index contributed by atoms with van der Waals surface area (Å²) in [5.41, 5.74) is 1.12. The molecule has 2 fully saturated rings. The van der Waals surface area contributed by atoms with E-state index in [1.807, 2.05) is 18.2 Å². The molecule has 4 heteroatoms. The average molecular weight is 241 g/mol. The third-order valence-electron chi connectivity index (χ3n) is 3.89. The summed E-state index contributed by atoms with van der Waals surface area (Å²) in [6, 6.07) is 9.05. The van der Waals surface area contributed by atoms with E-state index in [4.69, 9.17) is 5.26 Å². The highest BCUT2D eigenvalue weighted by Gasteiger charge is 2.45. The second-order valence-electron chi connectivity index (χ2n) is 5.05. The van der Waals surface area contributed by atoms with Crippen molar-refractivity contribution in [1.29, 1.82) is 5.26 Å². The molecule has 0 radical (unpaired) electrons.